The lowest BCUT2D eigenvalue weighted by Gasteiger charge is -2.27. The monoisotopic (exact) mass is 569 g/mol. The summed E-state index contributed by atoms with van der Waals surface area (Å²) < 4.78 is 28.7. The van der Waals surface area contributed by atoms with E-state index in [-0.39, 0.29) is 22.5 Å². The standard InChI is InChI=1S/C19H30ClN5O9P2/c1-3-11(8-34-36(32,33)10-35(29,30)31)14(26)15(27)18(28)25-9-21-13-16(22-19(20)23-17(13)25)24(2)12-6-4-5-7-12/h3,9,12,14-15,18,26-28H,4-8,10H2,1-2H3,(H,32,33)(H2,29,30,31)/b11-3-/t14-,15-,18-/m1/s1. The van der Waals surface area contributed by atoms with Crippen LogP contribution in [-0.4, -0.2) is 87.3 Å². The average Bonchev–Trinajstić information content (AvgIpc) is 3.46. The molecule has 0 aromatic carbocycles. The molecule has 0 bridgehead atoms. The zero-order valence-electron chi connectivity index (χ0n) is 19.6. The maximum Gasteiger partial charge on any atom is 0.340 e. The van der Waals surface area contributed by atoms with Gasteiger partial charge in [0.1, 0.15) is 12.2 Å². The van der Waals surface area contributed by atoms with Crippen molar-refractivity contribution in [2.75, 3.05) is 24.5 Å². The Bertz CT molecular complexity index is 1200. The Morgan fingerprint density at radius 1 is 1.25 bits per heavy atom. The molecule has 0 aliphatic heterocycles. The lowest BCUT2D eigenvalue weighted by molar-refractivity contribution is -0.0795. The van der Waals surface area contributed by atoms with Crippen LogP contribution in [0.4, 0.5) is 5.82 Å². The molecule has 1 saturated carbocycles. The highest BCUT2D eigenvalue weighted by Crippen LogP contribution is 2.55. The van der Waals surface area contributed by atoms with Gasteiger partial charge in [0, 0.05) is 13.1 Å². The molecule has 6 N–H and O–H groups in total. The first-order valence-corrected chi connectivity index (χ1v) is 15.0. The van der Waals surface area contributed by atoms with Crippen molar-refractivity contribution in [3.05, 3.63) is 23.3 Å². The lowest BCUT2D eigenvalue weighted by Crippen LogP contribution is -2.37. The van der Waals surface area contributed by atoms with Gasteiger partial charge in [-0.3, -0.25) is 13.7 Å². The third-order valence-electron chi connectivity index (χ3n) is 6.04. The predicted octanol–water partition coefficient (Wildman–Crippen LogP) is 1.35. The smallest absolute Gasteiger partial charge is 0.340 e. The molecule has 0 saturated heterocycles. The Morgan fingerprint density at radius 3 is 2.47 bits per heavy atom. The minimum Gasteiger partial charge on any atom is -0.386 e. The van der Waals surface area contributed by atoms with Crippen LogP contribution in [-0.2, 0) is 13.7 Å². The Balaban J connectivity index is 1.80. The van der Waals surface area contributed by atoms with E-state index in [0.29, 0.717) is 11.3 Å². The van der Waals surface area contributed by atoms with Gasteiger partial charge in [-0.2, -0.15) is 9.97 Å². The van der Waals surface area contributed by atoms with E-state index in [0.717, 1.165) is 30.3 Å². The van der Waals surface area contributed by atoms with E-state index in [9.17, 15) is 29.3 Å². The van der Waals surface area contributed by atoms with Crippen molar-refractivity contribution in [2.24, 2.45) is 0 Å². The highest BCUT2D eigenvalue weighted by Gasteiger charge is 2.34. The zero-order chi connectivity index (χ0) is 26.8. The van der Waals surface area contributed by atoms with Crippen molar-refractivity contribution in [1.29, 1.82) is 0 Å². The van der Waals surface area contributed by atoms with Crippen LogP contribution in [0.5, 0.6) is 0 Å². The maximum absolute atomic E-state index is 11.9. The maximum atomic E-state index is 11.9. The molecular formula is C19H30ClN5O9P2. The fourth-order valence-corrected chi connectivity index (χ4v) is 6.82. The molecule has 1 unspecified atom stereocenters. The number of aliphatic hydroxyl groups excluding tert-OH is 3. The van der Waals surface area contributed by atoms with Crippen molar-refractivity contribution in [1.82, 2.24) is 19.5 Å². The van der Waals surface area contributed by atoms with Gasteiger partial charge in [0.15, 0.2) is 29.1 Å². The van der Waals surface area contributed by atoms with Gasteiger partial charge < -0.3 is 39.4 Å². The average molecular weight is 570 g/mol. The fraction of sp³-hybridized carbons (Fsp3) is 0.632. The SMILES string of the molecule is C/C=C(/COP(=O)(O)CP(=O)(O)O)[C@@H](O)[C@@H](O)[C@@H](O)n1cnc2c(N(C)C3CCCC3)nc(Cl)nc21. The van der Waals surface area contributed by atoms with Gasteiger partial charge in [0.25, 0.3) is 0 Å². The predicted molar refractivity (Wildman–Crippen MR) is 131 cm³/mol. The van der Waals surface area contributed by atoms with Crippen LogP contribution in [0, 0.1) is 0 Å². The van der Waals surface area contributed by atoms with Crippen molar-refractivity contribution >= 4 is 43.8 Å². The third kappa shape index (κ3) is 6.90. The Labute approximate surface area is 211 Å². The number of hydrogen-bond acceptors (Lipinski definition) is 10. The van der Waals surface area contributed by atoms with Crippen LogP contribution in [0.3, 0.4) is 0 Å². The van der Waals surface area contributed by atoms with Crippen molar-refractivity contribution < 1.29 is 43.7 Å². The van der Waals surface area contributed by atoms with E-state index in [4.69, 9.17) is 25.9 Å². The number of rotatable bonds is 11. The Kier molecular flexibility index (Phi) is 9.32. The first-order valence-electron chi connectivity index (χ1n) is 11.1. The summed E-state index contributed by atoms with van der Waals surface area (Å²) in [6.45, 7) is 0.710. The van der Waals surface area contributed by atoms with Crippen molar-refractivity contribution in [3.8, 4) is 0 Å². The normalized spacial score (nSPS) is 19.9. The van der Waals surface area contributed by atoms with Gasteiger partial charge in [0.2, 0.25) is 5.28 Å². The van der Waals surface area contributed by atoms with Crippen LogP contribution in [0.25, 0.3) is 11.2 Å². The molecule has 1 aliphatic rings. The highest BCUT2D eigenvalue weighted by molar-refractivity contribution is 7.70. The largest absolute Gasteiger partial charge is 0.386 e. The topological polar surface area (TPSA) is 212 Å². The molecule has 0 radical (unpaired) electrons. The second-order valence-corrected chi connectivity index (χ2v) is 13.0. The molecule has 4 atom stereocenters. The molecule has 0 spiro atoms. The van der Waals surface area contributed by atoms with Gasteiger partial charge in [-0.05, 0) is 36.9 Å². The molecular weight excluding hydrogens is 540 g/mol. The van der Waals surface area contributed by atoms with E-state index in [1.54, 1.807) is 0 Å². The Morgan fingerprint density at radius 2 is 1.89 bits per heavy atom. The summed E-state index contributed by atoms with van der Waals surface area (Å²) in [6.07, 6.45) is 1.22. The Hall–Kier alpha value is -1.44. The second-order valence-electron chi connectivity index (χ2n) is 8.62. The number of imidazole rings is 1. The molecule has 2 aromatic heterocycles. The van der Waals surface area contributed by atoms with Crippen LogP contribution in [0.1, 0.15) is 38.8 Å². The molecule has 1 fully saturated rings. The van der Waals surface area contributed by atoms with Gasteiger partial charge in [0.05, 0.1) is 12.9 Å². The summed E-state index contributed by atoms with van der Waals surface area (Å²) in [5, 5.41) is 32.0. The van der Waals surface area contributed by atoms with Crippen LogP contribution in [0.15, 0.2) is 18.0 Å². The molecule has 0 amide bonds. The number of fused-ring (bicyclic) bond motifs is 1. The summed E-state index contributed by atoms with van der Waals surface area (Å²) in [5.74, 6) is -0.943. The summed E-state index contributed by atoms with van der Waals surface area (Å²) in [7, 11) is -7.67. The second kappa shape index (κ2) is 11.5. The summed E-state index contributed by atoms with van der Waals surface area (Å²) >= 11 is 6.14. The molecule has 3 rings (SSSR count). The minimum atomic E-state index is -4.84. The fourth-order valence-electron chi connectivity index (χ4n) is 4.12. The molecule has 2 aromatic rings. The van der Waals surface area contributed by atoms with E-state index in [1.165, 1.54) is 19.3 Å². The number of nitrogens with zero attached hydrogens (tertiary/aromatic N) is 5. The van der Waals surface area contributed by atoms with Gasteiger partial charge in [-0.15, -0.1) is 0 Å². The van der Waals surface area contributed by atoms with E-state index >= 15 is 0 Å². The lowest BCUT2D eigenvalue weighted by atomic mass is 10.0. The first-order chi connectivity index (χ1) is 16.7. The molecule has 14 nitrogen and oxygen atoms in total. The number of anilines is 1. The highest BCUT2D eigenvalue weighted by atomic mass is 35.5. The molecule has 36 heavy (non-hydrogen) atoms. The molecule has 17 heteroatoms. The number of aliphatic hydroxyl groups is 3. The summed E-state index contributed by atoms with van der Waals surface area (Å²) in [4.78, 5) is 42.1. The van der Waals surface area contributed by atoms with Crippen LogP contribution < -0.4 is 4.90 Å². The molecule has 202 valence electrons. The number of hydrogen-bond donors (Lipinski definition) is 6. The van der Waals surface area contributed by atoms with Crippen molar-refractivity contribution in [3.63, 3.8) is 0 Å². The molecule has 2 heterocycles. The quantitative estimate of drug-likeness (QED) is 0.128. The van der Waals surface area contributed by atoms with Gasteiger partial charge in [-0.1, -0.05) is 18.9 Å². The first kappa shape index (κ1) is 29.1. The number of aromatic nitrogens is 4. The van der Waals surface area contributed by atoms with Gasteiger partial charge >= 0.3 is 15.2 Å². The summed E-state index contributed by atoms with van der Waals surface area (Å²) in [5.41, 5.74) is 0.344. The number of allylic oxidation sites excluding steroid dienone is 1. The van der Waals surface area contributed by atoms with E-state index < -0.39 is 46.1 Å². The van der Waals surface area contributed by atoms with Crippen molar-refractivity contribution in [2.45, 2.75) is 57.1 Å². The molecule has 1 aliphatic carbocycles. The van der Waals surface area contributed by atoms with Crippen LogP contribution in [0.2, 0.25) is 5.28 Å². The van der Waals surface area contributed by atoms with E-state index in [1.807, 2.05) is 11.9 Å². The van der Waals surface area contributed by atoms with Gasteiger partial charge in [-0.25, -0.2) is 4.98 Å². The minimum absolute atomic E-state index is 0.0994. The van der Waals surface area contributed by atoms with Crippen LogP contribution >= 0.6 is 26.8 Å². The third-order valence-corrected chi connectivity index (χ3v) is 9.65. The zero-order valence-corrected chi connectivity index (χ0v) is 22.2. The summed E-state index contributed by atoms with van der Waals surface area (Å²) in [6, 6.07) is 0.243. The number of halogens is 1. The van der Waals surface area contributed by atoms with E-state index in [2.05, 4.69) is 15.0 Å².